The quantitative estimate of drug-likeness (QED) is 0.385. The molecule has 9 heteroatoms. The topological polar surface area (TPSA) is 110 Å². The van der Waals surface area contributed by atoms with Gasteiger partial charge in [-0.05, 0) is 41.7 Å². The molecule has 176 valence electrons. The van der Waals surface area contributed by atoms with Gasteiger partial charge in [0.2, 0.25) is 15.9 Å². The smallest absolute Gasteiger partial charge is 0.273 e. The maximum Gasteiger partial charge on any atom is 0.273 e. The highest BCUT2D eigenvalue weighted by atomic mass is 32.2. The van der Waals surface area contributed by atoms with Gasteiger partial charge in [0.15, 0.2) is 0 Å². The zero-order valence-electron chi connectivity index (χ0n) is 18.7. The highest BCUT2D eigenvalue weighted by molar-refractivity contribution is 7.89. The van der Waals surface area contributed by atoms with Gasteiger partial charge in [-0.25, -0.2) is 13.1 Å². The molecule has 3 aromatic rings. The largest absolute Gasteiger partial charge is 0.338 e. The van der Waals surface area contributed by atoms with Crippen molar-refractivity contribution in [2.75, 3.05) is 6.54 Å². The number of benzene rings is 3. The molecule has 3 aromatic carbocycles. The minimum absolute atomic E-state index is 0.0320. The molecule has 0 radical (unpaired) electrons. The Bertz CT molecular complexity index is 1340. The lowest BCUT2D eigenvalue weighted by Gasteiger charge is -2.16. The monoisotopic (exact) mass is 479 g/mol. The van der Waals surface area contributed by atoms with Crippen molar-refractivity contribution in [1.29, 1.82) is 0 Å². The van der Waals surface area contributed by atoms with Crippen molar-refractivity contribution in [1.82, 2.24) is 9.62 Å². The van der Waals surface area contributed by atoms with Gasteiger partial charge in [-0.2, -0.15) is 0 Å². The Morgan fingerprint density at radius 3 is 2.47 bits per heavy atom. The van der Waals surface area contributed by atoms with E-state index in [9.17, 15) is 23.3 Å². The summed E-state index contributed by atoms with van der Waals surface area (Å²) >= 11 is 0. The fourth-order valence-corrected chi connectivity index (χ4v) is 5.07. The maximum absolute atomic E-state index is 12.8. The van der Waals surface area contributed by atoms with Gasteiger partial charge in [0, 0.05) is 37.7 Å². The normalized spacial score (nSPS) is 13.9. The van der Waals surface area contributed by atoms with E-state index in [0.29, 0.717) is 18.5 Å². The molecule has 1 fully saturated rings. The van der Waals surface area contributed by atoms with Crippen LogP contribution in [0.25, 0.3) is 11.1 Å². The number of carbonyl (C=O) groups excluding carboxylic acids is 1. The first-order valence-corrected chi connectivity index (χ1v) is 12.4. The number of nitrogens with zero attached hydrogens (tertiary/aromatic N) is 2. The molecule has 0 spiro atoms. The molecule has 1 aliphatic rings. The third kappa shape index (κ3) is 5.16. The summed E-state index contributed by atoms with van der Waals surface area (Å²) in [5.74, 6) is 0.181. The Morgan fingerprint density at radius 1 is 1.06 bits per heavy atom. The van der Waals surface area contributed by atoms with E-state index in [4.69, 9.17) is 0 Å². The number of aryl methyl sites for hydroxylation is 1. The van der Waals surface area contributed by atoms with Crippen LogP contribution < -0.4 is 4.72 Å². The second kappa shape index (κ2) is 9.74. The first-order valence-electron chi connectivity index (χ1n) is 10.9. The highest BCUT2D eigenvalue weighted by Gasteiger charge is 2.21. The lowest BCUT2D eigenvalue weighted by atomic mass is 9.98. The first kappa shape index (κ1) is 23.6. The Hall–Kier alpha value is -3.56. The Kier molecular flexibility index (Phi) is 6.76. The van der Waals surface area contributed by atoms with E-state index < -0.39 is 14.9 Å². The standard InChI is InChI=1S/C25H25N3O5S/c1-18-8-13-22(15-24(18)28(30)31)34(32,33)26-16-21-5-2-3-6-23(21)20-11-9-19(10-12-20)17-27-14-4-7-25(27)29/h2-3,5-6,8-13,15,26H,4,7,14,16-17H2,1H3. The second-order valence-electron chi connectivity index (χ2n) is 8.30. The Balaban J connectivity index is 1.51. The van der Waals surface area contributed by atoms with Crippen molar-refractivity contribution < 1.29 is 18.1 Å². The summed E-state index contributed by atoms with van der Waals surface area (Å²) in [5, 5.41) is 11.2. The minimum Gasteiger partial charge on any atom is -0.338 e. The number of nitrogens with one attached hydrogen (secondary N) is 1. The van der Waals surface area contributed by atoms with Crippen molar-refractivity contribution in [3.63, 3.8) is 0 Å². The van der Waals surface area contributed by atoms with E-state index in [1.807, 2.05) is 53.4 Å². The lowest BCUT2D eigenvalue weighted by Crippen LogP contribution is -2.24. The molecule has 0 bridgehead atoms. The summed E-state index contributed by atoms with van der Waals surface area (Å²) in [4.78, 5) is 24.2. The number of sulfonamides is 1. The third-order valence-electron chi connectivity index (χ3n) is 5.97. The summed E-state index contributed by atoms with van der Waals surface area (Å²) in [6.07, 6.45) is 1.51. The van der Waals surface area contributed by atoms with Crippen LogP contribution in [0, 0.1) is 17.0 Å². The summed E-state index contributed by atoms with van der Waals surface area (Å²) in [7, 11) is -3.95. The van der Waals surface area contributed by atoms with Gasteiger partial charge in [-0.15, -0.1) is 0 Å². The SMILES string of the molecule is Cc1ccc(S(=O)(=O)NCc2ccccc2-c2ccc(CN3CCCC3=O)cc2)cc1[N+](=O)[O-]. The lowest BCUT2D eigenvalue weighted by molar-refractivity contribution is -0.385. The predicted molar refractivity (Wildman–Crippen MR) is 128 cm³/mol. The van der Waals surface area contributed by atoms with Gasteiger partial charge in [0.25, 0.3) is 5.69 Å². The molecule has 8 nitrogen and oxygen atoms in total. The molecule has 0 unspecified atom stereocenters. The van der Waals surface area contributed by atoms with Gasteiger partial charge >= 0.3 is 0 Å². The van der Waals surface area contributed by atoms with Crippen LogP contribution in [0.15, 0.2) is 71.6 Å². The highest BCUT2D eigenvalue weighted by Crippen LogP contribution is 2.26. The number of likely N-dealkylation sites (tertiary alicyclic amines) is 1. The number of hydrogen-bond donors (Lipinski definition) is 1. The van der Waals surface area contributed by atoms with Crippen molar-refractivity contribution in [2.24, 2.45) is 0 Å². The summed E-state index contributed by atoms with van der Waals surface area (Å²) in [6.45, 7) is 2.97. The molecule has 1 N–H and O–H groups in total. The molecule has 0 aromatic heterocycles. The fourth-order valence-electron chi connectivity index (χ4n) is 4.05. The summed E-state index contributed by atoms with van der Waals surface area (Å²) in [5.41, 5.74) is 3.78. The number of carbonyl (C=O) groups is 1. The zero-order chi connectivity index (χ0) is 24.3. The molecule has 34 heavy (non-hydrogen) atoms. The molecule has 0 aliphatic carbocycles. The minimum atomic E-state index is -3.95. The van der Waals surface area contributed by atoms with Crippen molar-refractivity contribution >= 4 is 21.6 Å². The van der Waals surface area contributed by atoms with Crippen LogP contribution in [-0.2, 0) is 27.9 Å². The molecule has 1 heterocycles. The first-order chi connectivity index (χ1) is 16.2. The second-order valence-corrected chi connectivity index (χ2v) is 10.1. The van der Waals surface area contributed by atoms with E-state index in [-0.39, 0.29) is 23.0 Å². The fraction of sp³-hybridized carbons (Fsp3) is 0.240. The Labute approximate surface area is 198 Å². The van der Waals surface area contributed by atoms with Crippen LogP contribution in [0.4, 0.5) is 5.69 Å². The van der Waals surface area contributed by atoms with E-state index in [0.717, 1.165) is 41.3 Å². The average molecular weight is 480 g/mol. The summed E-state index contributed by atoms with van der Waals surface area (Å²) in [6, 6.07) is 19.2. The number of hydrogen-bond acceptors (Lipinski definition) is 5. The van der Waals surface area contributed by atoms with Gasteiger partial charge < -0.3 is 4.90 Å². The molecular formula is C25H25N3O5S. The maximum atomic E-state index is 12.8. The molecule has 1 saturated heterocycles. The van der Waals surface area contributed by atoms with Gasteiger partial charge in [0.1, 0.15) is 0 Å². The molecular weight excluding hydrogens is 454 g/mol. The number of amides is 1. The third-order valence-corrected chi connectivity index (χ3v) is 7.37. The van der Waals surface area contributed by atoms with Crippen LogP contribution in [0.2, 0.25) is 0 Å². The molecule has 4 rings (SSSR count). The van der Waals surface area contributed by atoms with Crippen molar-refractivity contribution in [3.05, 3.63) is 93.5 Å². The van der Waals surface area contributed by atoms with E-state index in [2.05, 4.69) is 4.72 Å². The van der Waals surface area contributed by atoms with Crippen LogP contribution in [0.3, 0.4) is 0 Å². The van der Waals surface area contributed by atoms with Gasteiger partial charge in [0.05, 0.1) is 9.82 Å². The number of nitro groups is 1. The van der Waals surface area contributed by atoms with Crippen molar-refractivity contribution in [2.45, 2.75) is 37.8 Å². The average Bonchev–Trinajstić information content (AvgIpc) is 3.22. The van der Waals surface area contributed by atoms with E-state index >= 15 is 0 Å². The van der Waals surface area contributed by atoms with E-state index in [1.165, 1.54) is 12.1 Å². The van der Waals surface area contributed by atoms with Gasteiger partial charge in [-0.1, -0.05) is 54.6 Å². The molecule has 0 atom stereocenters. The molecule has 1 amide bonds. The number of rotatable bonds is 8. The molecule has 0 saturated carbocycles. The predicted octanol–water partition coefficient (Wildman–Crippen LogP) is 4.17. The van der Waals surface area contributed by atoms with Crippen LogP contribution in [0.5, 0.6) is 0 Å². The zero-order valence-corrected chi connectivity index (χ0v) is 19.5. The van der Waals surface area contributed by atoms with Crippen LogP contribution in [-0.4, -0.2) is 30.7 Å². The van der Waals surface area contributed by atoms with Gasteiger partial charge in [-0.3, -0.25) is 14.9 Å². The number of nitro benzene ring substituents is 1. The summed E-state index contributed by atoms with van der Waals surface area (Å²) < 4.78 is 28.2. The molecule has 1 aliphatic heterocycles. The Morgan fingerprint density at radius 2 is 1.79 bits per heavy atom. The van der Waals surface area contributed by atoms with Crippen LogP contribution >= 0.6 is 0 Å². The van der Waals surface area contributed by atoms with Crippen molar-refractivity contribution in [3.8, 4) is 11.1 Å². The van der Waals surface area contributed by atoms with E-state index in [1.54, 1.807) is 6.92 Å². The van der Waals surface area contributed by atoms with Crippen LogP contribution in [0.1, 0.15) is 29.5 Å².